The molecule has 1 amide bonds. The molecule has 0 aliphatic carbocycles. The van der Waals surface area contributed by atoms with E-state index in [-0.39, 0.29) is 118 Å². The van der Waals surface area contributed by atoms with Gasteiger partial charge in [0.15, 0.2) is 22.4 Å². The largest absolute Gasteiger partial charge is 0.497 e. The van der Waals surface area contributed by atoms with E-state index < -0.39 is 118 Å². The number of halogens is 4. The number of rotatable bonds is 39. The highest BCUT2D eigenvalue weighted by Gasteiger charge is 2.39. The number of sulfonamides is 3. The first-order valence-corrected chi connectivity index (χ1v) is 54.2. The Bertz CT molecular complexity index is 6040. The van der Waals surface area contributed by atoms with Crippen molar-refractivity contribution in [2.75, 3.05) is 61.6 Å². The second-order valence-electron chi connectivity index (χ2n) is 29.7. The molecular weight excluding hydrogens is 2120 g/mol. The second-order valence-corrected chi connectivity index (χ2v) is 42.5. The average Bonchev–Trinajstić information content (AvgIpc) is 0.786. The van der Waals surface area contributed by atoms with Crippen molar-refractivity contribution in [1.82, 2.24) is 33.3 Å². The van der Waals surface area contributed by atoms with Gasteiger partial charge in [0.1, 0.15) is 64.2 Å². The smallest absolute Gasteiger partial charge is 0.323 e. The van der Waals surface area contributed by atoms with Crippen molar-refractivity contribution < 1.29 is 133 Å². The molecule has 0 spiro atoms. The number of aliphatic carboxylic acids is 2. The van der Waals surface area contributed by atoms with Crippen LogP contribution in [0, 0.1) is 80.0 Å². The number of amides is 1. The topological polar surface area (TPSA) is 572 Å². The molecule has 0 saturated carbocycles. The van der Waals surface area contributed by atoms with Crippen molar-refractivity contribution >= 4 is 138 Å². The maximum Gasteiger partial charge on any atom is 0.323 e. The number of hydrogen-bond acceptors (Lipinski definition) is 33. The van der Waals surface area contributed by atoms with E-state index in [9.17, 15) is 76.0 Å². The Kier molecular flexibility index (Phi) is 67.1. The van der Waals surface area contributed by atoms with Gasteiger partial charge in [-0.25, -0.2) is 62.5 Å². The van der Waals surface area contributed by atoms with Crippen LogP contribution < -0.4 is 46.5 Å². The molecule has 147 heavy (non-hydrogen) atoms. The second kappa shape index (κ2) is 73.1. The van der Waals surface area contributed by atoms with Crippen LogP contribution >= 0.6 is 44.5 Å². The number of nitrogens with one attached hydrogen (secondary N) is 1. The first-order chi connectivity index (χ1) is 69.2. The minimum absolute atomic E-state index is 0. The molecule has 5 heterocycles. The van der Waals surface area contributed by atoms with Crippen molar-refractivity contribution in [1.29, 1.82) is 0 Å². The lowest BCUT2D eigenvalue weighted by molar-refractivity contribution is -0.202. The van der Waals surface area contributed by atoms with Crippen LogP contribution in [0.5, 0.6) is 28.7 Å². The van der Waals surface area contributed by atoms with E-state index in [2.05, 4.69) is 82.2 Å². The molecule has 10 N–H and O–H groups in total. The Morgan fingerprint density at radius 3 is 1.01 bits per heavy atom. The normalized spacial score (nSPS) is 14.0. The number of terminal acetylenes is 6. The number of pyridine rings is 3. The van der Waals surface area contributed by atoms with Crippen molar-refractivity contribution in [2.45, 2.75) is 185 Å². The number of nitrogens with two attached hydrogens (primary N) is 3. The number of nitrogens with zero attached hydrogens (tertiary/aromatic N) is 6. The SMILES string of the molecule is C#CC[C@@H](CS(=O)(=O)c1ccc(OC)cc1)C(C)=O.C#CC[C@@H](N)C(=O)O.C#CC[C@@H](N)C(C)=O.C#CC[C@H](C(=O)NOC1CCCCO1)N(Cc1cccnc1)S(=O)(=O)c1ccc(OC)cc1.C#CC[C@H](C(=O)O)N(Cc1cccnc1)S(=O)(=O)c1ccc(OC)cc1.C#CC[C@H](C(C)=O)N(Cc1cccnc1)S(=O)(=O)c1ccc(OC)cc1.CO.COc1ccc(S(=O)(=O)Cl)cc1.Cl.NOC1CCCCO1.O=S(Cl)Cl. The van der Waals surface area contributed by atoms with Crippen molar-refractivity contribution in [2.24, 2.45) is 23.3 Å². The molecular formula is C98H120Cl4N10O29S6. The zero-order valence-corrected chi connectivity index (χ0v) is 89.6. The lowest BCUT2D eigenvalue weighted by Gasteiger charge is -2.30. The molecule has 3 aromatic heterocycles. The third-order valence-electron chi connectivity index (χ3n) is 19.6. The Balaban J connectivity index is 0.00000172. The fourth-order valence-corrected chi connectivity index (χ4v) is 19.0. The third kappa shape index (κ3) is 50.9. The molecule has 49 heteroatoms. The van der Waals surface area contributed by atoms with Gasteiger partial charge in [0.2, 0.25) is 39.3 Å². The predicted molar refractivity (Wildman–Crippen MR) is 557 cm³/mol. The standard InChI is InChI=1S/C23H27N3O6S.C19H20N2O4S.C18H18N2O5S.C14H16O4S.C7H7ClO3S.C6H9NO.C5H11NO2.C5H7NO2.CH4O.Cl2OS.ClH/c1-3-7-21(23(27)25-32-22-9-4-5-15-31-22)26(17-18-8-6-14-24-16-18)33(28,29)20-12-10-19(30-2)11-13-20;1-4-6-19(15(2)22)21(14-16-7-5-12-20-13-16)26(23,24)18-10-8-17(25-3)9-11-18;1-3-5-17(18(21)22)20(13-14-6-4-11-19-12-14)26(23,24)16-9-7-15(25-2)8-10-16;1-4-5-12(11(2)15)10-19(16,17)14-8-6-13(18-3)7-9-14;1-11-6-2-4-7(5-3-6)12(8,9)10;1-3-4-6(7)5(2)8;6-8-5-3-1-2-4-7-5;1-2-3-4(6)5(7)8;1-2;1-4(2)3;/h1,6,8,10-14,16,21-22H,4-5,7,9,15,17H2,2H3,(H,25,27);1,5,7-13,19H,6,14H2,2-3H3;1,4,6-12,17H,5,13H2,2H3,(H,21,22);1,6-9,12H,5,10H2,2-3H3;2-5H,1H3;1,6H,4,7H2,2H3;5H,1-4,6H2;1,4H,3,6H2,(H,7,8);2H,1H3;;1H/t21-,22?;19-;17-;12-;;6-;;4-;;;/m1110.1.1.../s1. The maximum absolute atomic E-state index is 13.6. The molecule has 8 atom stereocenters. The quantitative estimate of drug-likeness (QED) is 0.0107. The van der Waals surface area contributed by atoms with Gasteiger partial charge in [0.25, 0.3) is 15.0 Å². The number of sulfone groups is 1. The van der Waals surface area contributed by atoms with Gasteiger partial charge in [-0.15, -0.1) is 86.5 Å². The zero-order chi connectivity index (χ0) is 110. The summed E-state index contributed by atoms with van der Waals surface area (Å²) in [6.45, 7) is 5.17. The zero-order valence-electron chi connectivity index (χ0n) is 81.6. The molecule has 2 unspecified atom stereocenters. The van der Waals surface area contributed by atoms with E-state index in [1.165, 1.54) is 172 Å². The summed E-state index contributed by atoms with van der Waals surface area (Å²) in [4.78, 5) is 90.5. The van der Waals surface area contributed by atoms with E-state index in [1.807, 2.05) is 0 Å². The summed E-state index contributed by atoms with van der Waals surface area (Å²) in [5.74, 6) is 16.8. The summed E-state index contributed by atoms with van der Waals surface area (Å²) < 4.78 is 173. The van der Waals surface area contributed by atoms with Gasteiger partial charge in [-0.2, -0.15) is 12.9 Å². The fraction of sp³-hybridized carbons (Fsp3) is 0.357. The number of aliphatic hydroxyl groups is 1. The number of ketones is 3. The number of hydrogen-bond donors (Lipinski definition) is 7. The van der Waals surface area contributed by atoms with Crippen LogP contribution in [0.1, 0.15) is 115 Å². The molecule has 2 saturated heterocycles. The van der Waals surface area contributed by atoms with Crippen LogP contribution in [0.15, 0.2) is 219 Å². The highest BCUT2D eigenvalue weighted by atomic mass is 36.0. The number of carboxylic acids is 2. The highest BCUT2D eigenvalue weighted by Crippen LogP contribution is 2.31. The fourth-order valence-electron chi connectivity index (χ4n) is 11.8. The molecule has 8 aromatic rings. The molecule has 0 bridgehead atoms. The Morgan fingerprint density at radius 2 is 0.755 bits per heavy atom. The van der Waals surface area contributed by atoms with Gasteiger partial charge in [0, 0.05) is 166 Å². The van der Waals surface area contributed by atoms with Gasteiger partial charge in [0.05, 0.1) is 77.9 Å². The number of carbonyl (C=O) groups is 6. The van der Waals surface area contributed by atoms with Crippen molar-refractivity contribution in [3.05, 3.63) is 212 Å². The number of methoxy groups -OCH3 is 5. The summed E-state index contributed by atoms with van der Waals surface area (Å²) >= 11 is 0. The van der Waals surface area contributed by atoms with Gasteiger partial charge >= 0.3 is 11.9 Å². The molecule has 2 fully saturated rings. The highest BCUT2D eigenvalue weighted by molar-refractivity contribution is 8.26. The van der Waals surface area contributed by atoms with Crippen molar-refractivity contribution in [3.63, 3.8) is 0 Å². The minimum atomic E-state index is -4.13. The first-order valence-electron chi connectivity index (χ1n) is 43.1. The molecule has 0 radical (unpaired) electrons. The van der Waals surface area contributed by atoms with Crippen LogP contribution in [0.3, 0.4) is 0 Å². The molecule has 800 valence electrons. The number of hydroxylamine groups is 1. The molecule has 2 aliphatic rings. The Hall–Kier alpha value is -12.1. The van der Waals surface area contributed by atoms with E-state index in [4.69, 9.17) is 119 Å². The molecule has 10 rings (SSSR count). The van der Waals surface area contributed by atoms with Crippen LogP contribution in [-0.2, 0) is 126 Å². The van der Waals surface area contributed by atoms with Crippen LogP contribution in [0.25, 0.3) is 0 Å². The minimum Gasteiger partial charge on any atom is -0.497 e. The first kappa shape index (κ1) is 135. The number of Topliss-reactive ketones (excluding diaryl/α,β-unsaturated/α-hetero) is 3. The van der Waals surface area contributed by atoms with E-state index in [0.717, 1.165) is 52.3 Å². The van der Waals surface area contributed by atoms with Gasteiger partial charge in [-0.1, -0.05) is 18.2 Å². The van der Waals surface area contributed by atoms with Gasteiger partial charge < -0.3 is 59.9 Å². The number of aromatic nitrogens is 3. The lowest BCUT2D eigenvalue weighted by Crippen LogP contribution is -2.50. The lowest BCUT2D eigenvalue weighted by atomic mass is 10.0. The maximum atomic E-state index is 13.6. The number of carboxylic acid groups (broad SMARTS) is 2. The number of benzene rings is 5. The summed E-state index contributed by atoms with van der Waals surface area (Å²) in [7, 11) is 1.56. The molecule has 2 aliphatic heterocycles. The third-order valence-corrected chi connectivity index (χ3v) is 28.4. The van der Waals surface area contributed by atoms with Gasteiger partial charge in [-0.05, 0) is 203 Å². The van der Waals surface area contributed by atoms with E-state index >= 15 is 0 Å². The molecule has 5 aromatic carbocycles. The summed E-state index contributed by atoms with van der Waals surface area (Å²) in [5, 5.41) is 24.6. The predicted octanol–water partition coefficient (Wildman–Crippen LogP) is 10.4. The monoisotopic (exact) mass is 2230 g/mol. The van der Waals surface area contributed by atoms with Crippen LogP contribution in [0.2, 0.25) is 0 Å². The summed E-state index contributed by atoms with van der Waals surface area (Å²) in [6, 6.07) is 34.8. The number of carbonyl (C=O) groups excluding carboxylic acids is 4. The average molecular weight is 2240 g/mol. The Labute approximate surface area is 881 Å². The number of ether oxygens (including phenoxy) is 7. The summed E-state index contributed by atoms with van der Waals surface area (Å²) in [6.07, 6.45) is 45.4. The van der Waals surface area contributed by atoms with Crippen LogP contribution in [0.4, 0.5) is 0 Å². The van der Waals surface area contributed by atoms with Crippen molar-refractivity contribution in [3.8, 4) is 103 Å². The Morgan fingerprint density at radius 1 is 0.449 bits per heavy atom. The number of aliphatic hydroxyl groups excluding tert-OH is 1. The molecule has 39 nitrogen and oxygen atoms in total. The van der Waals surface area contributed by atoms with Crippen LogP contribution in [-0.4, -0.2) is 229 Å². The summed E-state index contributed by atoms with van der Waals surface area (Å²) in [5.41, 5.74) is 14.4. The van der Waals surface area contributed by atoms with E-state index in [1.54, 1.807) is 85.5 Å². The van der Waals surface area contributed by atoms with E-state index in [0.29, 0.717) is 64.9 Å². The van der Waals surface area contributed by atoms with Gasteiger partial charge in [-0.3, -0.25) is 48.6 Å².